The number of nitrogens with two attached hydrogens (primary N) is 1. The van der Waals surface area contributed by atoms with Crippen LogP contribution in [0.4, 0.5) is 11.4 Å². The zero-order valence-electron chi connectivity index (χ0n) is 11.6. The maximum atomic E-state index is 9.11. The smallest absolute Gasteiger partial charge is 0.0724 e. The van der Waals surface area contributed by atoms with Crippen LogP contribution in [0.5, 0.6) is 0 Å². The standard InChI is InChI=1S/C16H21N3O/c17-16-13-6-2-9-18-14(13)7-8-15(16)19(10-3-11-20)12-4-1-5-12/h2,6-9,12,20H,1,3-5,10-11,17H2. The lowest BCUT2D eigenvalue weighted by molar-refractivity contribution is 0.283. The van der Waals surface area contributed by atoms with Crippen molar-refractivity contribution in [2.75, 3.05) is 23.8 Å². The number of nitrogen functional groups attached to an aromatic ring is 1. The summed E-state index contributed by atoms with van der Waals surface area (Å²) in [5, 5.41) is 10.1. The van der Waals surface area contributed by atoms with Crippen LogP contribution >= 0.6 is 0 Å². The number of aliphatic hydroxyl groups is 1. The second kappa shape index (κ2) is 5.67. The summed E-state index contributed by atoms with van der Waals surface area (Å²) in [6.45, 7) is 1.08. The SMILES string of the molecule is Nc1c(N(CCCO)C2CCC2)ccc2ncccc12. The van der Waals surface area contributed by atoms with Crippen LogP contribution in [-0.2, 0) is 0 Å². The molecule has 1 aromatic heterocycles. The molecule has 0 radical (unpaired) electrons. The van der Waals surface area contributed by atoms with Crippen LogP contribution in [0, 0.1) is 0 Å². The van der Waals surface area contributed by atoms with Crippen molar-refractivity contribution in [3.8, 4) is 0 Å². The Balaban J connectivity index is 1.99. The molecule has 1 fully saturated rings. The van der Waals surface area contributed by atoms with Crippen LogP contribution in [-0.4, -0.2) is 29.3 Å². The molecule has 1 heterocycles. The molecule has 0 unspecified atom stereocenters. The van der Waals surface area contributed by atoms with E-state index in [9.17, 15) is 0 Å². The number of aliphatic hydroxyl groups excluding tert-OH is 1. The predicted octanol–water partition coefficient (Wildman–Crippen LogP) is 2.56. The number of hydrogen-bond donors (Lipinski definition) is 2. The third kappa shape index (κ3) is 2.31. The van der Waals surface area contributed by atoms with E-state index in [2.05, 4.69) is 16.0 Å². The van der Waals surface area contributed by atoms with Crippen LogP contribution in [0.25, 0.3) is 10.9 Å². The Hall–Kier alpha value is -1.81. The van der Waals surface area contributed by atoms with Gasteiger partial charge in [0, 0.05) is 30.8 Å². The van der Waals surface area contributed by atoms with E-state index in [0.717, 1.165) is 35.2 Å². The Morgan fingerprint density at radius 1 is 1.30 bits per heavy atom. The van der Waals surface area contributed by atoms with Gasteiger partial charge in [0.25, 0.3) is 0 Å². The molecule has 3 rings (SSSR count). The fourth-order valence-electron chi connectivity index (χ4n) is 2.85. The molecule has 0 amide bonds. The molecule has 1 aliphatic rings. The van der Waals surface area contributed by atoms with Gasteiger partial charge in [-0.2, -0.15) is 0 Å². The number of nitrogens with zero attached hydrogens (tertiary/aromatic N) is 2. The van der Waals surface area contributed by atoms with E-state index in [-0.39, 0.29) is 6.61 Å². The van der Waals surface area contributed by atoms with Crippen LogP contribution in [0.2, 0.25) is 0 Å². The Bertz CT molecular complexity index is 595. The lowest BCUT2D eigenvalue weighted by Gasteiger charge is -2.40. The molecule has 4 heteroatoms. The largest absolute Gasteiger partial charge is 0.396 e. The highest BCUT2D eigenvalue weighted by Gasteiger charge is 2.26. The van der Waals surface area contributed by atoms with Gasteiger partial charge < -0.3 is 15.7 Å². The molecule has 3 N–H and O–H groups in total. The quantitative estimate of drug-likeness (QED) is 0.820. The maximum Gasteiger partial charge on any atom is 0.0724 e. The second-order valence-corrected chi connectivity index (χ2v) is 5.42. The summed E-state index contributed by atoms with van der Waals surface area (Å²) in [7, 11) is 0. The van der Waals surface area contributed by atoms with Gasteiger partial charge in [0.05, 0.1) is 16.9 Å². The molecule has 1 aliphatic carbocycles. The van der Waals surface area contributed by atoms with Gasteiger partial charge in [-0.25, -0.2) is 0 Å². The summed E-state index contributed by atoms with van der Waals surface area (Å²) in [4.78, 5) is 6.71. The topological polar surface area (TPSA) is 62.4 Å². The zero-order valence-corrected chi connectivity index (χ0v) is 11.6. The lowest BCUT2D eigenvalue weighted by atomic mass is 9.90. The third-order valence-corrected chi connectivity index (χ3v) is 4.19. The molecule has 1 aromatic carbocycles. The van der Waals surface area contributed by atoms with Gasteiger partial charge in [-0.15, -0.1) is 0 Å². The van der Waals surface area contributed by atoms with Crippen LogP contribution in [0.3, 0.4) is 0 Å². The molecule has 0 spiro atoms. The summed E-state index contributed by atoms with van der Waals surface area (Å²) in [5.41, 5.74) is 9.19. The van der Waals surface area contributed by atoms with Gasteiger partial charge in [-0.1, -0.05) is 0 Å². The number of rotatable bonds is 5. The lowest BCUT2D eigenvalue weighted by Crippen LogP contribution is -2.41. The van der Waals surface area contributed by atoms with Gasteiger partial charge in [0.2, 0.25) is 0 Å². The van der Waals surface area contributed by atoms with E-state index >= 15 is 0 Å². The summed E-state index contributed by atoms with van der Waals surface area (Å²) >= 11 is 0. The van der Waals surface area contributed by atoms with E-state index < -0.39 is 0 Å². The van der Waals surface area contributed by atoms with Gasteiger partial charge >= 0.3 is 0 Å². The van der Waals surface area contributed by atoms with Crippen molar-refractivity contribution >= 4 is 22.3 Å². The summed E-state index contributed by atoms with van der Waals surface area (Å²) in [6, 6.07) is 8.61. The fourth-order valence-corrected chi connectivity index (χ4v) is 2.85. The van der Waals surface area contributed by atoms with E-state index in [4.69, 9.17) is 10.8 Å². The van der Waals surface area contributed by atoms with Crippen molar-refractivity contribution in [2.45, 2.75) is 31.7 Å². The first-order valence-electron chi connectivity index (χ1n) is 7.32. The minimum absolute atomic E-state index is 0.220. The maximum absolute atomic E-state index is 9.11. The van der Waals surface area contributed by atoms with Crippen molar-refractivity contribution in [2.24, 2.45) is 0 Å². The van der Waals surface area contributed by atoms with E-state index in [1.54, 1.807) is 6.20 Å². The van der Waals surface area contributed by atoms with E-state index in [1.807, 2.05) is 18.2 Å². The Morgan fingerprint density at radius 3 is 2.85 bits per heavy atom. The highest BCUT2D eigenvalue weighted by molar-refractivity contribution is 5.97. The summed E-state index contributed by atoms with van der Waals surface area (Å²) < 4.78 is 0. The van der Waals surface area contributed by atoms with Crippen molar-refractivity contribution < 1.29 is 5.11 Å². The normalized spacial score (nSPS) is 15.2. The second-order valence-electron chi connectivity index (χ2n) is 5.42. The summed E-state index contributed by atoms with van der Waals surface area (Å²) in [5.74, 6) is 0. The molecular weight excluding hydrogens is 250 g/mol. The number of pyridine rings is 1. The van der Waals surface area contributed by atoms with Crippen LogP contribution < -0.4 is 10.6 Å². The molecule has 4 nitrogen and oxygen atoms in total. The van der Waals surface area contributed by atoms with Crippen LogP contribution in [0.1, 0.15) is 25.7 Å². The number of anilines is 2. The van der Waals surface area contributed by atoms with Crippen molar-refractivity contribution in [1.29, 1.82) is 0 Å². The predicted molar refractivity (Wildman–Crippen MR) is 82.8 cm³/mol. The Morgan fingerprint density at radius 2 is 2.15 bits per heavy atom. The molecule has 0 aliphatic heterocycles. The Labute approximate surface area is 119 Å². The summed E-state index contributed by atoms with van der Waals surface area (Å²) in [6.07, 6.45) is 6.29. The molecule has 2 aromatic rings. The van der Waals surface area contributed by atoms with Gasteiger partial charge in [0.15, 0.2) is 0 Å². The molecular formula is C16H21N3O. The first-order valence-corrected chi connectivity index (χ1v) is 7.32. The highest BCUT2D eigenvalue weighted by Crippen LogP contribution is 2.36. The van der Waals surface area contributed by atoms with Gasteiger partial charge in [0.1, 0.15) is 0 Å². The van der Waals surface area contributed by atoms with Gasteiger partial charge in [-0.3, -0.25) is 4.98 Å². The minimum atomic E-state index is 0.220. The van der Waals surface area contributed by atoms with Crippen molar-refractivity contribution in [1.82, 2.24) is 4.98 Å². The van der Waals surface area contributed by atoms with Crippen molar-refractivity contribution in [3.63, 3.8) is 0 Å². The average molecular weight is 271 g/mol. The first kappa shape index (κ1) is 13.2. The fraction of sp³-hybridized carbons (Fsp3) is 0.438. The molecule has 0 saturated heterocycles. The molecule has 1 saturated carbocycles. The monoisotopic (exact) mass is 271 g/mol. The number of aromatic nitrogens is 1. The van der Waals surface area contributed by atoms with E-state index in [0.29, 0.717) is 6.04 Å². The molecule has 20 heavy (non-hydrogen) atoms. The zero-order chi connectivity index (χ0) is 13.9. The van der Waals surface area contributed by atoms with Gasteiger partial charge in [-0.05, 0) is 49.9 Å². The Kier molecular flexibility index (Phi) is 3.74. The third-order valence-electron chi connectivity index (χ3n) is 4.19. The minimum Gasteiger partial charge on any atom is -0.396 e. The van der Waals surface area contributed by atoms with Crippen molar-refractivity contribution in [3.05, 3.63) is 30.5 Å². The number of fused-ring (bicyclic) bond motifs is 1. The van der Waals surface area contributed by atoms with Crippen LogP contribution in [0.15, 0.2) is 30.5 Å². The molecule has 106 valence electrons. The molecule has 0 atom stereocenters. The highest BCUT2D eigenvalue weighted by atomic mass is 16.3. The number of benzene rings is 1. The number of hydrogen-bond acceptors (Lipinski definition) is 4. The average Bonchev–Trinajstić information content (AvgIpc) is 2.42. The molecule has 0 bridgehead atoms. The van der Waals surface area contributed by atoms with E-state index in [1.165, 1.54) is 19.3 Å². The first-order chi connectivity index (χ1) is 9.81.